The maximum absolute atomic E-state index is 4.10. The van der Waals surface area contributed by atoms with E-state index in [0.29, 0.717) is 0 Å². The number of hydrazone groups is 1. The summed E-state index contributed by atoms with van der Waals surface area (Å²) in [7, 11) is 1.78. The van der Waals surface area contributed by atoms with Crippen LogP contribution in [0.1, 0.15) is 11.1 Å². The zero-order chi connectivity index (χ0) is 9.68. The third-order valence-electron chi connectivity index (χ3n) is 1.74. The molecule has 68 valence electrons. The Morgan fingerprint density at radius 3 is 2.85 bits per heavy atom. The van der Waals surface area contributed by atoms with Crippen LogP contribution in [-0.2, 0) is 0 Å². The fourth-order valence-corrected chi connectivity index (χ4v) is 1.15. The summed E-state index contributed by atoms with van der Waals surface area (Å²) in [5.41, 5.74) is 5.93. The van der Waals surface area contributed by atoms with Crippen molar-refractivity contribution in [2.45, 2.75) is 6.92 Å². The van der Waals surface area contributed by atoms with E-state index >= 15 is 0 Å². The van der Waals surface area contributed by atoms with Crippen LogP contribution in [0.5, 0.6) is 0 Å². The minimum atomic E-state index is 0.867. The highest BCUT2D eigenvalue weighted by Gasteiger charge is 1.97. The molecule has 0 bridgehead atoms. The van der Waals surface area contributed by atoms with E-state index in [0.717, 1.165) is 11.3 Å². The summed E-state index contributed by atoms with van der Waals surface area (Å²) < 4.78 is 0. The zero-order valence-corrected chi connectivity index (χ0v) is 8.04. The Morgan fingerprint density at radius 1 is 1.54 bits per heavy atom. The van der Waals surface area contributed by atoms with Gasteiger partial charge < -0.3 is 5.43 Å². The number of aryl methyl sites for hydroxylation is 1. The number of nitrogens with one attached hydrogen (secondary N) is 1. The Bertz CT molecular complexity index is 327. The van der Waals surface area contributed by atoms with Crippen molar-refractivity contribution in [1.29, 1.82) is 0 Å². The van der Waals surface area contributed by atoms with Crippen LogP contribution in [0.25, 0.3) is 0 Å². The van der Waals surface area contributed by atoms with Crippen LogP contribution in [0.15, 0.2) is 42.0 Å². The highest BCUT2D eigenvalue weighted by Crippen LogP contribution is 2.05. The SMILES string of the molecule is C=C/C(=N\NC)c1cccc(C)c1. The monoisotopic (exact) mass is 174 g/mol. The standard InChI is InChI=1S/C11H14N2/c1-4-11(13-12-3)10-7-5-6-9(2)8-10/h4-8,12H,1H2,2-3H3/b13-11+. The first-order valence-electron chi connectivity index (χ1n) is 4.22. The van der Waals surface area contributed by atoms with E-state index in [4.69, 9.17) is 0 Å². The molecule has 2 heteroatoms. The highest BCUT2D eigenvalue weighted by molar-refractivity contribution is 6.08. The normalized spacial score (nSPS) is 11.1. The molecular weight excluding hydrogens is 160 g/mol. The van der Waals surface area contributed by atoms with Crippen molar-refractivity contribution in [2.75, 3.05) is 7.05 Å². The number of hydrogen-bond acceptors (Lipinski definition) is 2. The summed E-state index contributed by atoms with van der Waals surface area (Å²) in [6.45, 7) is 5.77. The van der Waals surface area contributed by atoms with Crippen molar-refractivity contribution < 1.29 is 0 Å². The topological polar surface area (TPSA) is 24.4 Å². The number of rotatable bonds is 3. The molecule has 2 nitrogen and oxygen atoms in total. The summed E-state index contributed by atoms with van der Waals surface area (Å²) in [6.07, 6.45) is 1.74. The van der Waals surface area contributed by atoms with Gasteiger partial charge in [-0.3, -0.25) is 0 Å². The van der Waals surface area contributed by atoms with Gasteiger partial charge in [0.2, 0.25) is 0 Å². The molecule has 1 aromatic rings. The predicted octanol–water partition coefficient (Wildman–Crippen LogP) is 2.10. The molecule has 0 unspecified atom stereocenters. The summed E-state index contributed by atoms with van der Waals surface area (Å²) in [4.78, 5) is 0. The molecule has 0 aliphatic carbocycles. The number of nitrogens with zero attached hydrogens (tertiary/aromatic N) is 1. The van der Waals surface area contributed by atoms with Gasteiger partial charge in [-0.25, -0.2) is 0 Å². The second-order valence-corrected chi connectivity index (χ2v) is 2.79. The first-order valence-corrected chi connectivity index (χ1v) is 4.22. The number of allylic oxidation sites excluding steroid dienone is 1. The molecule has 1 N–H and O–H groups in total. The largest absolute Gasteiger partial charge is 0.313 e. The summed E-state index contributed by atoms with van der Waals surface area (Å²) >= 11 is 0. The van der Waals surface area contributed by atoms with E-state index in [9.17, 15) is 0 Å². The fourth-order valence-electron chi connectivity index (χ4n) is 1.15. The third-order valence-corrected chi connectivity index (χ3v) is 1.74. The smallest absolute Gasteiger partial charge is 0.0895 e. The minimum Gasteiger partial charge on any atom is -0.313 e. The van der Waals surface area contributed by atoms with Gasteiger partial charge in [-0.05, 0) is 19.1 Å². The molecule has 0 amide bonds. The summed E-state index contributed by atoms with van der Waals surface area (Å²) in [5, 5.41) is 4.10. The van der Waals surface area contributed by atoms with Gasteiger partial charge in [0.15, 0.2) is 0 Å². The lowest BCUT2D eigenvalue weighted by Gasteiger charge is -2.01. The van der Waals surface area contributed by atoms with E-state index in [1.54, 1.807) is 13.1 Å². The maximum atomic E-state index is 4.10. The molecule has 0 aliphatic heterocycles. The highest BCUT2D eigenvalue weighted by atomic mass is 15.3. The lowest BCUT2D eigenvalue weighted by molar-refractivity contribution is 0.903. The predicted molar refractivity (Wildman–Crippen MR) is 57.0 cm³/mol. The van der Waals surface area contributed by atoms with Gasteiger partial charge in [0.25, 0.3) is 0 Å². The van der Waals surface area contributed by atoms with Gasteiger partial charge in [-0.2, -0.15) is 5.10 Å². The Hall–Kier alpha value is -1.57. The summed E-state index contributed by atoms with van der Waals surface area (Å²) in [5.74, 6) is 0. The molecule has 13 heavy (non-hydrogen) atoms. The van der Waals surface area contributed by atoms with Gasteiger partial charge >= 0.3 is 0 Å². The lowest BCUT2D eigenvalue weighted by Crippen LogP contribution is -2.04. The molecule has 0 atom stereocenters. The van der Waals surface area contributed by atoms with Crippen molar-refractivity contribution in [1.82, 2.24) is 5.43 Å². The maximum Gasteiger partial charge on any atom is 0.0895 e. The van der Waals surface area contributed by atoms with E-state index < -0.39 is 0 Å². The van der Waals surface area contributed by atoms with Gasteiger partial charge in [0, 0.05) is 12.6 Å². The molecule has 0 spiro atoms. The average molecular weight is 174 g/mol. The second kappa shape index (κ2) is 4.45. The van der Waals surface area contributed by atoms with Crippen LogP contribution in [0.2, 0.25) is 0 Å². The Labute approximate surface area is 79.0 Å². The van der Waals surface area contributed by atoms with Crippen LogP contribution in [0, 0.1) is 6.92 Å². The van der Waals surface area contributed by atoms with Crippen LogP contribution in [0.3, 0.4) is 0 Å². The first kappa shape index (κ1) is 9.52. The Balaban J connectivity index is 3.05. The van der Waals surface area contributed by atoms with Crippen LogP contribution >= 0.6 is 0 Å². The van der Waals surface area contributed by atoms with Gasteiger partial charge in [0.05, 0.1) is 5.71 Å². The molecule has 0 heterocycles. The van der Waals surface area contributed by atoms with Crippen molar-refractivity contribution >= 4 is 5.71 Å². The molecule has 0 saturated heterocycles. The van der Waals surface area contributed by atoms with E-state index in [1.807, 2.05) is 12.1 Å². The van der Waals surface area contributed by atoms with E-state index in [2.05, 4.69) is 36.2 Å². The van der Waals surface area contributed by atoms with Crippen molar-refractivity contribution in [3.63, 3.8) is 0 Å². The number of hydrogen-bond donors (Lipinski definition) is 1. The van der Waals surface area contributed by atoms with Gasteiger partial charge in [-0.1, -0.05) is 30.3 Å². The van der Waals surface area contributed by atoms with Crippen molar-refractivity contribution in [3.8, 4) is 0 Å². The first-order chi connectivity index (χ1) is 6.27. The number of benzene rings is 1. The fraction of sp³-hybridized carbons (Fsp3) is 0.182. The van der Waals surface area contributed by atoms with Gasteiger partial charge in [-0.15, -0.1) is 0 Å². The molecule has 0 radical (unpaired) electrons. The Morgan fingerprint density at radius 2 is 2.31 bits per heavy atom. The van der Waals surface area contributed by atoms with Crippen LogP contribution in [-0.4, -0.2) is 12.8 Å². The lowest BCUT2D eigenvalue weighted by atomic mass is 10.1. The van der Waals surface area contributed by atoms with Crippen molar-refractivity contribution in [3.05, 3.63) is 48.0 Å². The molecule has 0 fully saturated rings. The van der Waals surface area contributed by atoms with Crippen LogP contribution in [0.4, 0.5) is 0 Å². The van der Waals surface area contributed by atoms with E-state index in [-0.39, 0.29) is 0 Å². The Kier molecular flexibility index (Phi) is 3.26. The second-order valence-electron chi connectivity index (χ2n) is 2.79. The van der Waals surface area contributed by atoms with Crippen molar-refractivity contribution in [2.24, 2.45) is 5.10 Å². The summed E-state index contributed by atoms with van der Waals surface area (Å²) in [6, 6.07) is 8.17. The quantitative estimate of drug-likeness (QED) is 0.551. The molecule has 0 aliphatic rings. The molecule has 1 aromatic carbocycles. The average Bonchev–Trinajstić information content (AvgIpc) is 2.14. The zero-order valence-electron chi connectivity index (χ0n) is 8.04. The molecule has 0 saturated carbocycles. The van der Waals surface area contributed by atoms with E-state index in [1.165, 1.54) is 5.56 Å². The minimum absolute atomic E-state index is 0.867. The third kappa shape index (κ3) is 2.44. The van der Waals surface area contributed by atoms with Gasteiger partial charge in [0.1, 0.15) is 0 Å². The van der Waals surface area contributed by atoms with Crippen LogP contribution < -0.4 is 5.43 Å². The molecular formula is C11H14N2. The molecule has 0 aromatic heterocycles. The molecule has 1 rings (SSSR count).